The number of carbonyl (C=O) groups excluding carboxylic acids is 1. The van der Waals surface area contributed by atoms with E-state index in [9.17, 15) is 4.79 Å². The molecule has 0 aromatic heterocycles. The highest BCUT2D eigenvalue weighted by Crippen LogP contribution is 2.14. The van der Waals surface area contributed by atoms with Crippen molar-refractivity contribution in [2.45, 2.75) is 26.7 Å². The molecule has 1 saturated heterocycles. The minimum absolute atomic E-state index is 0.194. The molecule has 0 N–H and O–H groups in total. The monoisotopic (exact) mass is 197 g/mol. The predicted octanol–water partition coefficient (Wildman–Crippen LogP) is 1.59. The Morgan fingerprint density at radius 3 is 3.00 bits per heavy atom. The number of ether oxygens (including phenoxy) is 1. The molecule has 0 aromatic rings. The normalized spacial score (nSPS) is 21.1. The van der Waals surface area contributed by atoms with Crippen molar-refractivity contribution in [3.8, 4) is 0 Å². The van der Waals surface area contributed by atoms with Crippen LogP contribution in [0.15, 0.2) is 11.6 Å². The third-order valence-corrected chi connectivity index (χ3v) is 2.45. The van der Waals surface area contributed by atoms with Gasteiger partial charge < -0.3 is 4.74 Å². The zero-order valence-corrected chi connectivity index (χ0v) is 9.08. The van der Waals surface area contributed by atoms with Gasteiger partial charge in [0.2, 0.25) is 0 Å². The van der Waals surface area contributed by atoms with Gasteiger partial charge in [0.1, 0.15) is 0 Å². The zero-order chi connectivity index (χ0) is 10.4. The third-order valence-electron chi connectivity index (χ3n) is 2.45. The summed E-state index contributed by atoms with van der Waals surface area (Å²) in [4.78, 5) is 13.5. The Labute approximate surface area is 85.7 Å². The van der Waals surface area contributed by atoms with Crippen LogP contribution in [0.5, 0.6) is 0 Å². The summed E-state index contributed by atoms with van der Waals surface area (Å²) in [6.45, 7) is 7.56. The second-order valence-electron chi connectivity index (χ2n) is 3.53. The molecule has 1 aliphatic rings. The van der Waals surface area contributed by atoms with Crippen molar-refractivity contribution in [2.24, 2.45) is 0 Å². The number of hydrogen-bond donors (Lipinski definition) is 0. The van der Waals surface area contributed by atoms with E-state index in [0.717, 1.165) is 32.5 Å². The van der Waals surface area contributed by atoms with Gasteiger partial charge in [-0.15, -0.1) is 0 Å². The molecule has 14 heavy (non-hydrogen) atoms. The van der Waals surface area contributed by atoms with Crippen molar-refractivity contribution in [3.63, 3.8) is 0 Å². The molecule has 3 nitrogen and oxygen atoms in total. The SMILES string of the molecule is CCOC(=O)/C=C1/CCCN(CC)C1. The van der Waals surface area contributed by atoms with E-state index < -0.39 is 0 Å². The molecule has 0 saturated carbocycles. The fourth-order valence-corrected chi connectivity index (χ4v) is 1.71. The van der Waals surface area contributed by atoms with Crippen molar-refractivity contribution < 1.29 is 9.53 Å². The second-order valence-corrected chi connectivity index (χ2v) is 3.53. The number of piperidine rings is 1. The van der Waals surface area contributed by atoms with Gasteiger partial charge in [-0.05, 0) is 38.4 Å². The Hall–Kier alpha value is -0.830. The first kappa shape index (κ1) is 11.2. The van der Waals surface area contributed by atoms with Gasteiger partial charge in [-0.3, -0.25) is 4.90 Å². The highest BCUT2D eigenvalue weighted by molar-refractivity contribution is 5.82. The van der Waals surface area contributed by atoms with Crippen LogP contribution < -0.4 is 0 Å². The zero-order valence-electron chi connectivity index (χ0n) is 9.08. The number of hydrogen-bond acceptors (Lipinski definition) is 3. The minimum Gasteiger partial charge on any atom is -0.463 e. The van der Waals surface area contributed by atoms with Gasteiger partial charge in [-0.25, -0.2) is 4.79 Å². The molecular formula is C11H19NO2. The van der Waals surface area contributed by atoms with Gasteiger partial charge >= 0.3 is 5.97 Å². The molecule has 0 amide bonds. The minimum atomic E-state index is -0.194. The van der Waals surface area contributed by atoms with Crippen LogP contribution in [0.4, 0.5) is 0 Å². The topological polar surface area (TPSA) is 29.5 Å². The molecule has 1 aliphatic heterocycles. The summed E-state index contributed by atoms with van der Waals surface area (Å²) in [6, 6.07) is 0. The van der Waals surface area contributed by atoms with E-state index in [-0.39, 0.29) is 5.97 Å². The van der Waals surface area contributed by atoms with Crippen LogP contribution >= 0.6 is 0 Å². The van der Waals surface area contributed by atoms with Gasteiger partial charge in [-0.2, -0.15) is 0 Å². The number of carbonyl (C=O) groups is 1. The molecule has 0 spiro atoms. The van der Waals surface area contributed by atoms with Crippen LogP contribution in [0.1, 0.15) is 26.7 Å². The first-order chi connectivity index (χ1) is 6.76. The van der Waals surface area contributed by atoms with Crippen molar-refractivity contribution in [1.82, 2.24) is 4.90 Å². The van der Waals surface area contributed by atoms with E-state index in [1.54, 1.807) is 6.08 Å². The summed E-state index contributed by atoms with van der Waals surface area (Å²) in [5, 5.41) is 0. The first-order valence-corrected chi connectivity index (χ1v) is 5.34. The van der Waals surface area contributed by atoms with Crippen LogP contribution in [-0.2, 0) is 9.53 Å². The Bertz CT molecular complexity index is 223. The standard InChI is InChI=1S/C11H19NO2/c1-3-12-7-5-6-10(9-12)8-11(13)14-4-2/h8H,3-7,9H2,1-2H3/b10-8-. The largest absolute Gasteiger partial charge is 0.463 e. The van der Waals surface area contributed by atoms with Gasteiger partial charge in [-0.1, -0.05) is 6.92 Å². The molecular weight excluding hydrogens is 178 g/mol. The highest BCUT2D eigenvalue weighted by Gasteiger charge is 2.13. The molecule has 1 heterocycles. The lowest BCUT2D eigenvalue weighted by atomic mass is 10.0. The third kappa shape index (κ3) is 3.50. The first-order valence-electron chi connectivity index (χ1n) is 5.34. The van der Waals surface area contributed by atoms with Crippen molar-refractivity contribution >= 4 is 5.97 Å². The molecule has 0 radical (unpaired) electrons. The molecule has 0 aromatic carbocycles. The molecule has 80 valence electrons. The van der Waals surface area contributed by atoms with Crippen LogP contribution in [0.3, 0.4) is 0 Å². The fourth-order valence-electron chi connectivity index (χ4n) is 1.71. The molecule has 0 aliphatic carbocycles. The molecule has 0 bridgehead atoms. The Morgan fingerprint density at radius 1 is 1.57 bits per heavy atom. The Morgan fingerprint density at radius 2 is 2.36 bits per heavy atom. The van der Waals surface area contributed by atoms with Gasteiger partial charge in [0.25, 0.3) is 0 Å². The predicted molar refractivity (Wildman–Crippen MR) is 56.1 cm³/mol. The van der Waals surface area contributed by atoms with E-state index in [0.29, 0.717) is 6.61 Å². The molecule has 0 atom stereocenters. The van der Waals surface area contributed by atoms with E-state index >= 15 is 0 Å². The van der Waals surface area contributed by atoms with Crippen molar-refractivity contribution in [1.29, 1.82) is 0 Å². The second kappa shape index (κ2) is 5.81. The summed E-state index contributed by atoms with van der Waals surface area (Å²) in [6.07, 6.45) is 3.85. The molecule has 3 heteroatoms. The summed E-state index contributed by atoms with van der Waals surface area (Å²) >= 11 is 0. The van der Waals surface area contributed by atoms with Crippen LogP contribution in [0, 0.1) is 0 Å². The van der Waals surface area contributed by atoms with E-state index in [4.69, 9.17) is 4.74 Å². The quantitative estimate of drug-likeness (QED) is 0.508. The van der Waals surface area contributed by atoms with Gasteiger partial charge in [0.05, 0.1) is 6.61 Å². The van der Waals surface area contributed by atoms with Crippen LogP contribution in [-0.4, -0.2) is 37.1 Å². The lowest BCUT2D eigenvalue weighted by Gasteiger charge is -2.26. The van der Waals surface area contributed by atoms with Crippen LogP contribution in [0.25, 0.3) is 0 Å². The van der Waals surface area contributed by atoms with Gasteiger partial charge in [0.15, 0.2) is 0 Å². The summed E-state index contributed by atoms with van der Waals surface area (Å²) in [5.74, 6) is -0.194. The lowest BCUT2D eigenvalue weighted by Crippen LogP contribution is -2.31. The summed E-state index contributed by atoms with van der Waals surface area (Å²) in [5.41, 5.74) is 1.21. The number of nitrogens with zero attached hydrogens (tertiary/aromatic N) is 1. The molecule has 1 fully saturated rings. The fraction of sp³-hybridized carbons (Fsp3) is 0.727. The highest BCUT2D eigenvalue weighted by atomic mass is 16.5. The smallest absolute Gasteiger partial charge is 0.330 e. The van der Waals surface area contributed by atoms with E-state index in [2.05, 4.69) is 11.8 Å². The van der Waals surface area contributed by atoms with E-state index in [1.165, 1.54) is 5.57 Å². The number of likely N-dealkylation sites (tertiary alicyclic amines) is 1. The lowest BCUT2D eigenvalue weighted by molar-refractivity contribution is -0.137. The number of rotatable bonds is 3. The number of esters is 1. The average Bonchev–Trinajstić information content (AvgIpc) is 2.18. The van der Waals surface area contributed by atoms with Gasteiger partial charge in [0, 0.05) is 12.6 Å². The van der Waals surface area contributed by atoms with Crippen LogP contribution in [0.2, 0.25) is 0 Å². The summed E-state index contributed by atoms with van der Waals surface area (Å²) in [7, 11) is 0. The maximum atomic E-state index is 11.2. The Balaban J connectivity index is 2.46. The maximum absolute atomic E-state index is 11.2. The average molecular weight is 197 g/mol. The van der Waals surface area contributed by atoms with E-state index in [1.807, 2.05) is 6.92 Å². The number of likely N-dealkylation sites (N-methyl/N-ethyl adjacent to an activating group) is 1. The maximum Gasteiger partial charge on any atom is 0.330 e. The van der Waals surface area contributed by atoms with Crippen molar-refractivity contribution in [3.05, 3.63) is 11.6 Å². The molecule has 1 rings (SSSR count). The summed E-state index contributed by atoms with van der Waals surface area (Å²) < 4.78 is 4.88. The Kier molecular flexibility index (Phi) is 4.66. The molecule has 0 unspecified atom stereocenters. The van der Waals surface area contributed by atoms with Crippen molar-refractivity contribution in [2.75, 3.05) is 26.2 Å².